The summed E-state index contributed by atoms with van der Waals surface area (Å²) >= 11 is 0. The van der Waals surface area contributed by atoms with Crippen LogP contribution in [0.4, 0.5) is 0 Å². The third-order valence-electron chi connectivity index (χ3n) is 11.1. The predicted octanol–water partition coefficient (Wildman–Crippen LogP) is 3.84. The second-order valence-electron chi connectivity index (χ2n) is 12.6. The molecule has 8 rings (SSSR count). The highest BCUT2D eigenvalue weighted by Crippen LogP contribution is 2.71. The second kappa shape index (κ2) is 7.51. The molecule has 2 spiro atoms. The van der Waals surface area contributed by atoms with Crippen LogP contribution in [0.5, 0.6) is 11.5 Å². The van der Waals surface area contributed by atoms with Crippen LogP contribution >= 0.6 is 0 Å². The summed E-state index contributed by atoms with van der Waals surface area (Å²) in [5.41, 5.74) is 1.75. The van der Waals surface area contributed by atoms with Gasteiger partial charge in [0.05, 0.1) is 18.1 Å². The highest BCUT2D eigenvalue weighted by molar-refractivity contribution is 5.94. The number of carbonyl (C=O) groups is 1. The third kappa shape index (κ3) is 2.76. The highest BCUT2D eigenvalue weighted by atomic mass is 16.5. The van der Waals surface area contributed by atoms with Gasteiger partial charge in [0, 0.05) is 35.2 Å². The molecule has 4 aliphatic carbocycles. The Morgan fingerprint density at radius 2 is 1.95 bits per heavy atom. The molecule has 3 saturated carbocycles. The van der Waals surface area contributed by atoms with E-state index in [0.717, 1.165) is 69.0 Å². The summed E-state index contributed by atoms with van der Waals surface area (Å²) in [5, 5.41) is 16.2. The van der Waals surface area contributed by atoms with Crippen LogP contribution in [-0.2, 0) is 11.8 Å². The summed E-state index contributed by atoms with van der Waals surface area (Å²) in [7, 11) is 1.71. The Labute approximate surface area is 218 Å². The SMILES string of the molecule is COc1ccc2c3c1O[C@H]1[C@@]4(CC[C@H]4NC(=O)c4ccccc4)CC[C@@]4(O)[C@@H](C2)N(CC2CC2)CC[C@]314. The van der Waals surface area contributed by atoms with Crippen LogP contribution in [0.2, 0.25) is 0 Å². The molecule has 4 fully saturated rings. The average molecular weight is 501 g/mol. The number of fused-ring (bicyclic) bond motifs is 1. The first kappa shape index (κ1) is 22.4. The van der Waals surface area contributed by atoms with Crippen molar-refractivity contribution >= 4 is 5.91 Å². The molecule has 2 heterocycles. The van der Waals surface area contributed by atoms with Crippen LogP contribution in [0.15, 0.2) is 42.5 Å². The van der Waals surface area contributed by atoms with Gasteiger partial charge in [-0.05, 0) is 87.6 Å². The Bertz CT molecular complexity index is 1280. The normalized spacial score (nSPS) is 38.9. The van der Waals surface area contributed by atoms with Gasteiger partial charge in [-0.1, -0.05) is 24.3 Å². The first-order chi connectivity index (χ1) is 18.0. The molecule has 2 bridgehead atoms. The van der Waals surface area contributed by atoms with Crippen molar-refractivity contribution in [3.05, 3.63) is 59.2 Å². The molecule has 2 aromatic carbocycles. The number of hydrogen-bond donors (Lipinski definition) is 2. The molecular formula is C31H36N2O4. The van der Waals surface area contributed by atoms with Gasteiger partial charge < -0.3 is 19.9 Å². The molecule has 37 heavy (non-hydrogen) atoms. The van der Waals surface area contributed by atoms with Gasteiger partial charge in [0.2, 0.25) is 0 Å². The monoisotopic (exact) mass is 500 g/mol. The van der Waals surface area contributed by atoms with Crippen LogP contribution < -0.4 is 14.8 Å². The van der Waals surface area contributed by atoms with Gasteiger partial charge in [-0.25, -0.2) is 0 Å². The lowest BCUT2D eigenvalue weighted by molar-refractivity contribution is -0.235. The van der Waals surface area contributed by atoms with Crippen LogP contribution in [0.3, 0.4) is 0 Å². The third-order valence-corrected chi connectivity index (χ3v) is 11.1. The fourth-order valence-corrected chi connectivity index (χ4v) is 9.11. The lowest BCUT2D eigenvalue weighted by Crippen LogP contribution is -2.80. The van der Waals surface area contributed by atoms with Crippen molar-refractivity contribution in [1.29, 1.82) is 0 Å². The van der Waals surface area contributed by atoms with Gasteiger partial charge in [-0.3, -0.25) is 9.69 Å². The van der Waals surface area contributed by atoms with Gasteiger partial charge >= 0.3 is 0 Å². The molecule has 6 atom stereocenters. The second-order valence-corrected chi connectivity index (χ2v) is 12.6. The minimum Gasteiger partial charge on any atom is -0.493 e. The summed E-state index contributed by atoms with van der Waals surface area (Å²) in [6.07, 6.45) is 7.83. The van der Waals surface area contributed by atoms with Crippen molar-refractivity contribution in [2.24, 2.45) is 11.3 Å². The van der Waals surface area contributed by atoms with E-state index in [0.29, 0.717) is 5.56 Å². The number of nitrogens with zero attached hydrogens (tertiary/aromatic N) is 1. The molecule has 6 heteroatoms. The van der Waals surface area contributed by atoms with Crippen LogP contribution in [0.1, 0.15) is 66.4 Å². The minimum absolute atomic E-state index is 0.0161. The van der Waals surface area contributed by atoms with Gasteiger partial charge in [-0.15, -0.1) is 0 Å². The summed E-state index contributed by atoms with van der Waals surface area (Å²) in [6.45, 7) is 2.10. The number of amides is 1. The highest BCUT2D eigenvalue weighted by Gasteiger charge is 2.77. The van der Waals surface area contributed by atoms with Crippen molar-refractivity contribution in [2.75, 3.05) is 20.2 Å². The number of benzene rings is 2. The summed E-state index contributed by atoms with van der Waals surface area (Å²) in [4.78, 5) is 15.8. The summed E-state index contributed by atoms with van der Waals surface area (Å²) in [6, 6.07) is 13.9. The van der Waals surface area contributed by atoms with E-state index in [9.17, 15) is 9.90 Å². The Balaban J connectivity index is 1.22. The van der Waals surface area contributed by atoms with Crippen molar-refractivity contribution in [3.63, 3.8) is 0 Å². The quantitative estimate of drug-likeness (QED) is 0.653. The summed E-state index contributed by atoms with van der Waals surface area (Å²) in [5.74, 6) is 2.39. The number of methoxy groups -OCH3 is 1. The standard InChI is InChI=1S/C31H36N2O4/c1-36-22-10-9-21-17-24-31(35)14-13-29(12-11-23(29)32-27(34)20-5-3-2-4-6-20)28-30(31,25(21)26(22)37-28)15-16-33(24)18-19-7-8-19/h2-6,9-10,19,23-24,28,35H,7-8,11-18H2,1H3,(H,32,34)/t23-,24-,28+,29+,30+,31-/m1/s1. The van der Waals surface area contributed by atoms with Crippen molar-refractivity contribution in [3.8, 4) is 11.5 Å². The zero-order chi connectivity index (χ0) is 25.0. The van der Waals surface area contributed by atoms with Crippen molar-refractivity contribution in [1.82, 2.24) is 10.2 Å². The number of piperidine rings is 1. The molecule has 1 saturated heterocycles. The zero-order valence-electron chi connectivity index (χ0n) is 21.5. The number of likely N-dealkylation sites (tertiary alicyclic amines) is 1. The molecular weight excluding hydrogens is 464 g/mol. The Morgan fingerprint density at radius 1 is 1.11 bits per heavy atom. The number of rotatable bonds is 5. The molecule has 0 aromatic heterocycles. The van der Waals surface area contributed by atoms with Gasteiger partial charge in [0.25, 0.3) is 5.91 Å². The van der Waals surface area contributed by atoms with Gasteiger partial charge in [0.1, 0.15) is 6.10 Å². The van der Waals surface area contributed by atoms with E-state index < -0.39 is 11.0 Å². The number of ether oxygens (including phenoxy) is 2. The van der Waals surface area contributed by atoms with Crippen LogP contribution in [0.25, 0.3) is 0 Å². The fraction of sp³-hybridized carbons (Fsp3) is 0.581. The van der Waals surface area contributed by atoms with E-state index in [1.807, 2.05) is 30.3 Å². The molecule has 2 aliphatic heterocycles. The topological polar surface area (TPSA) is 71.0 Å². The maximum atomic E-state index is 13.2. The van der Waals surface area contributed by atoms with E-state index in [1.54, 1.807) is 7.11 Å². The van der Waals surface area contributed by atoms with Crippen molar-refractivity contribution in [2.45, 2.75) is 80.6 Å². The Kier molecular flexibility index (Phi) is 4.55. The minimum atomic E-state index is -0.829. The largest absolute Gasteiger partial charge is 0.493 e. The van der Waals surface area contributed by atoms with Crippen molar-refractivity contribution < 1.29 is 19.4 Å². The molecule has 194 valence electrons. The Hall–Kier alpha value is -2.57. The number of carbonyl (C=O) groups excluding carboxylic acids is 1. The van der Waals surface area contributed by atoms with E-state index >= 15 is 0 Å². The maximum Gasteiger partial charge on any atom is 0.251 e. The number of aliphatic hydroxyl groups is 1. The molecule has 6 aliphatic rings. The molecule has 6 nitrogen and oxygen atoms in total. The van der Waals surface area contributed by atoms with E-state index in [1.165, 1.54) is 24.0 Å². The lowest BCUT2D eigenvalue weighted by atomic mass is 9.40. The molecule has 0 radical (unpaired) electrons. The lowest BCUT2D eigenvalue weighted by Gasteiger charge is -2.69. The average Bonchev–Trinajstić information content (AvgIpc) is 3.66. The fourth-order valence-electron chi connectivity index (χ4n) is 9.11. The number of hydrogen-bond acceptors (Lipinski definition) is 5. The van der Waals surface area contributed by atoms with E-state index in [-0.39, 0.29) is 29.5 Å². The van der Waals surface area contributed by atoms with E-state index in [4.69, 9.17) is 9.47 Å². The Morgan fingerprint density at radius 3 is 2.68 bits per heavy atom. The smallest absolute Gasteiger partial charge is 0.251 e. The molecule has 1 amide bonds. The summed E-state index contributed by atoms with van der Waals surface area (Å²) < 4.78 is 12.8. The molecule has 2 aromatic rings. The zero-order valence-corrected chi connectivity index (χ0v) is 21.5. The van der Waals surface area contributed by atoms with Crippen LogP contribution in [-0.4, -0.2) is 59.9 Å². The van der Waals surface area contributed by atoms with Gasteiger partial charge in [0.15, 0.2) is 11.5 Å². The van der Waals surface area contributed by atoms with Gasteiger partial charge in [-0.2, -0.15) is 0 Å². The first-order valence-corrected chi connectivity index (χ1v) is 14.2. The first-order valence-electron chi connectivity index (χ1n) is 14.2. The van der Waals surface area contributed by atoms with Crippen LogP contribution in [0, 0.1) is 11.3 Å². The maximum absolute atomic E-state index is 13.2. The number of nitrogens with one attached hydrogen (secondary N) is 1. The molecule has 0 unspecified atom stereocenters. The molecule has 2 N–H and O–H groups in total. The predicted molar refractivity (Wildman–Crippen MR) is 139 cm³/mol. The van der Waals surface area contributed by atoms with E-state index in [2.05, 4.69) is 22.3 Å².